The first-order valence-corrected chi connectivity index (χ1v) is 11.5. The number of carbonyl (C=O) groups is 1. The molecule has 1 amide bonds. The monoisotopic (exact) mass is 436 g/mol. The van der Waals surface area contributed by atoms with Crippen LogP contribution in [0.15, 0.2) is 71.6 Å². The van der Waals surface area contributed by atoms with Crippen LogP contribution in [-0.2, 0) is 23.1 Å². The van der Waals surface area contributed by atoms with Crippen LogP contribution < -0.4 is 9.62 Å². The van der Waals surface area contributed by atoms with Crippen LogP contribution in [0.3, 0.4) is 0 Å². The lowest BCUT2D eigenvalue weighted by molar-refractivity contribution is 0.0950. The van der Waals surface area contributed by atoms with Crippen LogP contribution in [0.4, 0.5) is 5.69 Å². The highest BCUT2D eigenvalue weighted by molar-refractivity contribution is 7.93. The summed E-state index contributed by atoms with van der Waals surface area (Å²) in [6.45, 7) is 0.409. The Morgan fingerprint density at radius 1 is 0.967 bits per heavy atom. The van der Waals surface area contributed by atoms with Crippen molar-refractivity contribution in [2.24, 2.45) is 0 Å². The summed E-state index contributed by atoms with van der Waals surface area (Å²) < 4.78 is 27.5. The maximum absolute atomic E-state index is 13.1. The number of rotatable bonds is 5. The topological polar surface area (TPSA) is 92.3 Å². The van der Waals surface area contributed by atoms with Gasteiger partial charge in [-0.2, -0.15) is 0 Å². The molecule has 0 atom stereocenters. The number of hydrogen-bond acceptors (Lipinski definition) is 6. The van der Waals surface area contributed by atoms with Crippen molar-refractivity contribution in [2.45, 2.75) is 18.0 Å². The Balaban J connectivity index is 1.37. The van der Waals surface area contributed by atoms with Gasteiger partial charge in [-0.15, -0.1) is 10.2 Å². The molecule has 0 saturated carbocycles. The third kappa shape index (κ3) is 3.12. The van der Waals surface area contributed by atoms with Crippen LogP contribution in [0.25, 0.3) is 10.8 Å². The van der Waals surface area contributed by atoms with Gasteiger partial charge >= 0.3 is 0 Å². The summed E-state index contributed by atoms with van der Waals surface area (Å²) in [7, 11) is -3.68. The van der Waals surface area contributed by atoms with E-state index in [9.17, 15) is 13.2 Å². The molecule has 0 radical (unpaired) electrons. The summed E-state index contributed by atoms with van der Waals surface area (Å²) in [5.74, 6) is -0.336. The number of aromatic nitrogens is 2. The molecule has 7 nitrogen and oxygen atoms in total. The molecule has 0 bridgehead atoms. The third-order valence-corrected chi connectivity index (χ3v) is 7.63. The Hall–Kier alpha value is -3.30. The van der Waals surface area contributed by atoms with Crippen molar-refractivity contribution in [1.29, 1.82) is 0 Å². The Morgan fingerprint density at radius 2 is 1.73 bits per heavy atom. The van der Waals surface area contributed by atoms with Crippen molar-refractivity contribution in [2.75, 3.05) is 4.31 Å². The Bertz CT molecular complexity index is 1360. The Morgan fingerprint density at radius 3 is 2.53 bits per heavy atom. The van der Waals surface area contributed by atoms with Gasteiger partial charge in [0.1, 0.15) is 5.01 Å². The van der Waals surface area contributed by atoms with E-state index in [2.05, 4.69) is 15.5 Å². The molecule has 1 aliphatic rings. The molecule has 1 aliphatic heterocycles. The van der Waals surface area contributed by atoms with Gasteiger partial charge in [0.15, 0.2) is 0 Å². The molecule has 0 saturated heterocycles. The van der Waals surface area contributed by atoms with E-state index < -0.39 is 10.0 Å². The Kier molecular flexibility index (Phi) is 4.48. The second-order valence-corrected chi connectivity index (χ2v) is 9.71. The van der Waals surface area contributed by atoms with E-state index in [1.54, 1.807) is 18.2 Å². The van der Waals surface area contributed by atoms with Crippen LogP contribution in [0.5, 0.6) is 0 Å². The molecule has 0 fully saturated rings. The van der Waals surface area contributed by atoms with E-state index in [0.717, 1.165) is 22.3 Å². The van der Waals surface area contributed by atoms with Gasteiger partial charge in [-0.05, 0) is 23.1 Å². The molecular weight excluding hydrogens is 420 g/mol. The van der Waals surface area contributed by atoms with Crippen molar-refractivity contribution in [3.63, 3.8) is 0 Å². The molecule has 0 spiro atoms. The van der Waals surface area contributed by atoms with Gasteiger partial charge in [-0.25, -0.2) is 8.42 Å². The lowest BCUT2D eigenvalue weighted by Crippen LogP contribution is -2.26. The van der Waals surface area contributed by atoms with Gasteiger partial charge in [0.2, 0.25) is 5.01 Å². The van der Waals surface area contributed by atoms with E-state index in [-0.39, 0.29) is 17.5 Å². The molecule has 150 valence electrons. The average molecular weight is 437 g/mol. The molecule has 1 N–H and O–H groups in total. The molecule has 2 heterocycles. The first-order chi connectivity index (χ1) is 14.5. The lowest BCUT2D eigenvalue weighted by atomic mass is 10.1. The predicted octanol–water partition coefficient (Wildman–Crippen LogP) is 3.33. The molecule has 30 heavy (non-hydrogen) atoms. The summed E-state index contributed by atoms with van der Waals surface area (Å²) in [6, 6.07) is 20.3. The second kappa shape index (κ2) is 7.19. The SMILES string of the molecule is O=C(NCc1ccccc1)c1nnc(CN2c3cccc4cccc(c34)S2(=O)=O)s1. The van der Waals surface area contributed by atoms with E-state index in [0.29, 0.717) is 27.5 Å². The first-order valence-electron chi connectivity index (χ1n) is 9.23. The average Bonchev–Trinajstić information content (AvgIpc) is 3.32. The number of anilines is 1. The van der Waals surface area contributed by atoms with Crippen LogP contribution in [0.1, 0.15) is 20.4 Å². The minimum absolute atomic E-state index is 0.0275. The van der Waals surface area contributed by atoms with Gasteiger partial charge < -0.3 is 5.32 Å². The molecule has 1 aromatic heterocycles. The highest BCUT2D eigenvalue weighted by Crippen LogP contribution is 2.42. The molecule has 4 aromatic rings. The van der Waals surface area contributed by atoms with Gasteiger partial charge in [-0.1, -0.05) is 65.9 Å². The minimum Gasteiger partial charge on any atom is -0.346 e. The number of nitrogens with zero attached hydrogens (tertiary/aromatic N) is 3. The molecule has 5 rings (SSSR count). The summed E-state index contributed by atoms with van der Waals surface area (Å²) in [5, 5.41) is 13.0. The lowest BCUT2D eigenvalue weighted by Gasteiger charge is -2.16. The predicted molar refractivity (Wildman–Crippen MR) is 115 cm³/mol. The largest absolute Gasteiger partial charge is 0.346 e. The van der Waals surface area contributed by atoms with E-state index in [1.165, 1.54) is 4.31 Å². The normalized spacial score (nSPS) is 14.2. The zero-order valence-corrected chi connectivity index (χ0v) is 17.3. The van der Waals surface area contributed by atoms with E-state index in [4.69, 9.17) is 0 Å². The van der Waals surface area contributed by atoms with Crippen molar-refractivity contribution in [1.82, 2.24) is 15.5 Å². The van der Waals surface area contributed by atoms with Crippen molar-refractivity contribution in [3.05, 3.63) is 82.3 Å². The molecule has 3 aromatic carbocycles. The third-order valence-electron chi connectivity index (χ3n) is 4.92. The molecule has 9 heteroatoms. The van der Waals surface area contributed by atoms with Crippen molar-refractivity contribution < 1.29 is 13.2 Å². The fraction of sp³-hybridized carbons (Fsp3) is 0.0952. The van der Waals surface area contributed by atoms with Crippen LogP contribution >= 0.6 is 11.3 Å². The van der Waals surface area contributed by atoms with Crippen molar-refractivity contribution >= 4 is 43.7 Å². The smallest absolute Gasteiger partial charge is 0.282 e. The van der Waals surface area contributed by atoms with Gasteiger partial charge in [0.05, 0.1) is 17.1 Å². The number of nitrogens with one attached hydrogen (secondary N) is 1. The van der Waals surface area contributed by atoms with Gasteiger partial charge in [0, 0.05) is 11.9 Å². The number of sulfonamides is 1. The maximum atomic E-state index is 13.1. The van der Waals surface area contributed by atoms with E-state index in [1.807, 2.05) is 48.5 Å². The number of carbonyl (C=O) groups excluding carboxylic acids is 1. The first kappa shape index (κ1) is 18.7. The highest BCUT2D eigenvalue weighted by Gasteiger charge is 2.36. The summed E-state index contributed by atoms with van der Waals surface area (Å²) >= 11 is 1.09. The summed E-state index contributed by atoms with van der Waals surface area (Å²) in [4.78, 5) is 12.7. The van der Waals surface area contributed by atoms with Crippen LogP contribution in [-0.4, -0.2) is 24.5 Å². The van der Waals surface area contributed by atoms with Crippen LogP contribution in [0.2, 0.25) is 0 Å². The van der Waals surface area contributed by atoms with Gasteiger partial charge in [0.25, 0.3) is 15.9 Å². The molecular formula is C21H16N4O3S2. The van der Waals surface area contributed by atoms with Gasteiger partial charge in [-0.3, -0.25) is 9.10 Å². The van der Waals surface area contributed by atoms with Crippen LogP contribution in [0, 0.1) is 0 Å². The highest BCUT2D eigenvalue weighted by atomic mass is 32.2. The summed E-state index contributed by atoms with van der Waals surface area (Å²) in [6.07, 6.45) is 0. The van der Waals surface area contributed by atoms with Crippen molar-refractivity contribution in [3.8, 4) is 0 Å². The standard InChI is InChI=1S/C21H16N4O3S2/c26-20(22-12-14-6-2-1-3-7-14)21-24-23-18(29-21)13-25-16-10-4-8-15-9-5-11-17(19(15)16)30(25,27)28/h1-11H,12-13H2,(H,22,26). The quantitative estimate of drug-likeness (QED) is 0.518. The molecule has 0 aliphatic carbocycles. The number of benzene rings is 3. The number of amides is 1. The molecule has 0 unspecified atom stereocenters. The minimum atomic E-state index is -3.68. The summed E-state index contributed by atoms with van der Waals surface area (Å²) in [5.41, 5.74) is 1.60. The second-order valence-electron chi connectivity index (χ2n) is 6.81. The zero-order chi connectivity index (χ0) is 20.7. The maximum Gasteiger partial charge on any atom is 0.282 e. The fourth-order valence-electron chi connectivity index (χ4n) is 3.51. The fourth-order valence-corrected chi connectivity index (χ4v) is 6.01. The Labute approximate surface area is 177 Å². The zero-order valence-electron chi connectivity index (χ0n) is 15.6. The van der Waals surface area contributed by atoms with E-state index >= 15 is 0 Å². The number of hydrogen-bond donors (Lipinski definition) is 1.